The van der Waals surface area contributed by atoms with E-state index in [9.17, 15) is 9.59 Å². The zero-order valence-electron chi connectivity index (χ0n) is 14.5. The van der Waals surface area contributed by atoms with Gasteiger partial charge in [-0.25, -0.2) is 0 Å². The Hall–Kier alpha value is -2.73. The van der Waals surface area contributed by atoms with Crippen molar-refractivity contribution in [2.75, 3.05) is 31.0 Å². The second-order valence-corrected chi connectivity index (χ2v) is 6.32. The summed E-state index contributed by atoms with van der Waals surface area (Å²) in [5.74, 6) is 0.315. The van der Waals surface area contributed by atoms with Gasteiger partial charge in [-0.15, -0.1) is 0 Å². The zero-order valence-corrected chi connectivity index (χ0v) is 15.2. The van der Waals surface area contributed by atoms with E-state index in [1.807, 2.05) is 0 Å². The highest BCUT2D eigenvalue weighted by atomic mass is 35.5. The minimum absolute atomic E-state index is 0.130. The second kappa shape index (κ2) is 7.66. The molecule has 2 aromatic rings. The van der Waals surface area contributed by atoms with Crippen LogP contribution in [-0.2, 0) is 9.59 Å². The molecule has 1 N–H and O–H groups in total. The van der Waals surface area contributed by atoms with Gasteiger partial charge in [0.2, 0.25) is 11.8 Å². The lowest BCUT2D eigenvalue weighted by atomic mass is 10.1. The number of ether oxygens (including phenoxy) is 2. The van der Waals surface area contributed by atoms with E-state index in [-0.39, 0.29) is 24.8 Å². The van der Waals surface area contributed by atoms with Gasteiger partial charge in [0.1, 0.15) is 11.5 Å². The first-order valence-corrected chi connectivity index (χ1v) is 8.49. The number of halogens is 1. The van der Waals surface area contributed by atoms with E-state index in [0.29, 0.717) is 27.9 Å². The number of para-hydroxylation sites is 1. The molecule has 1 saturated heterocycles. The van der Waals surface area contributed by atoms with Crippen LogP contribution in [0.4, 0.5) is 11.4 Å². The number of carbonyl (C=O) groups excluding carboxylic acids is 2. The lowest BCUT2D eigenvalue weighted by Crippen LogP contribution is -2.28. The molecule has 6 nitrogen and oxygen atoms in total. The van der Waals surface area contributed by atoms with Crippen LogP contribution in [0.3, 0.4) is 0 Å². The molecule has 0 saturated carbocycles. The molecule has 1 unspecified atom stereocenters. The largest absolute Gasteiger partial charge is 0.497 e. The molecule has 1 aliphatic heterocycles. The first-order valence-electron chi connectivity index (χ1n) is 8.11. The summed E-state index contributed by atoms with van der Waals surface area (Å²) in [5, 5.41) is 3.25. The van der Waals surface area contributed by atoms with Crippen molar-refractivity contribution in [3.05, 3.63) is 47.5 Å². The summed E-state index contributed by atoms with van der Waals surface area (Å²) in [5.41, 5.74) is 1.15. The van der Waals surface area contributed by atoms with Crippen molar-refractivity contribution in [3.8, 4) is 11.5 Å². The van der Waals surface area contributed by atoms with Gasteiger partial charge in [0, 0.05) is 19.0 Å². The number of rotatable bonds is 5. The molecule has 1 atom stereocenters. The predicted octanol–water partition coefficient (Wildman–Crippen LogP) is 3.35. The van der Waals surface area contributed by atoms with Crippen LogP contribution in [0.1, 0.15) is 6.42 Å². The summed E-state index contributed by atoms with van der Waals surface area (Å²) < 4.78 is 10.5. The predicted molar refractivity (Wildman–Crippen MR) is 100 cm³/mol. The lowest BCUT2D eigenvalue weighted by molar-refractivity contribution is -0.122. The summed E-state index contributed by atoms with van der Waals surface area (Å²) in [6, 6.07) is 12.2. The number of nitrogens with one attached hydrogen (secondary N) is 1. The van der Waals surface area contributed by atoms with Crippen molar-refractivity contribution in [1.29, 1.82) is 0 Å². The summed E-state index contributed by atoms with van der Waals surface area (Å²) in [4.78, 5) is 26.6. The van der Waals surface area contributed by atoms with Gasteiger partial charge in [0.15, 0.2) is 0 Å². The van der Waals surface area contributed by atoms with Crippen LogP contribution in [0, 0.1) is 5.92 Å². The molecule has 1 heterocycles. The molecule has 0 radical (unpaired) electrons. The van der Waals surface area contributed by atoms with Gasteiger partial charge in [-0.05, 0) is 24.3 Å². The molecular weight excluding hydrogens is 356 g/mol. The number of benzene rings is 2. The number of amides is 2. The first-order chi connectivity index (χ1) is 12.5. The van der Waals surface area contributed by atoms with Crippen molar-refractivity contribution in [3.63, 3.8) is 0 Å². The molecule has 26 heavy (non-hydrogen) atoms. The molecule has 0 aliphatic carbocycles. The summed E-state index contributed by atoms with van der Waals surface area (Å²) in [6.45, 7) is 0.276. The van der Waals surface area contributed by atoms with Crippen LogP contribution in [0.5, 0.6) is 11.5 Å². The molecule has 1 aliphatic rings. The number of methoxy groups -OCH3 is 2. The van der Waals surface area contributed by atoms with Gasteiger partial charge in [0.25, 0.3) is 0 Å². The molecule has 2 aromatic carbocycles. The maximum atomic E-state index is 12.5. The van der Waals surface area contributed by atoms with Crippen LogP contribution in [-0.4, -0.2) is 32.6 Å². The van der Waals surface area contributed by atoms with Crippen molar-refractivity contribution in [2.24, 2.45) is 5.92 Å². The maximum Gasteiger partial charge on any atom is 0.229 e. The average molecular weight is 375 g/mol. The van der Waals surface area contributed by atoms with Crippen LogP contribution < -0.4 is 19.7 Å². The molecule has 0 spiro atoms. The summed E-state index contributed by atoms with van der Waals surface area (Å²) >= 11 is 6.08. The molecule has 1 fully saturated rings. The van der Waals surface area contributed by atoms with E-state index in [1.165, 1.54) is 7.11 Å². The van der Waals surface area contributed by atoms with Crippen LogP contribution in [0.2, 0.25) is 5.02 Å². The van der Waals surface area contributed by atoms with Crippen LogP contribution in [0.25, 0.3) is 0 Å². The first kappa shape index (κ1) is 18.1. The lowest BCUT2D eigenvalue weighted by Gasteiger charge is -2.20. The minimum atomic E-state index is -0.467. The van der Waals surface area contributed by atoms with Crippen LogP contribution in [0.15, 0.2) is 42.5 Å². The zero-order chi connectivity index (χ0) is 18.7. The van der Waals surface area contributed by atoms with Crippen molar-refractivity contribution in [2.45, 2.75) is 6.42 Å². The average Bonchev–Trinajstić information content (AvgIpc) is 3.04. The molecule has 0 aromatic heterocycles. The van der Waals surface area contributed by atoms with Gasteiger partial charge >= 0.3 is 0 Å². The van der Waals surface area contributed by atoms with E-state index in [2.05, 4.69) is 5.32 Å². The Morgan fingerprint density at radius 3 is 2.65 bits per heavy atom. The third kappa shape index (κ3) is 3.60. The molecule has 7 heteroatoms. The van der Waals surface area contributed by atoms with Crippen LogP contribution >= 0.6 is 11.6 Å². The summed E-state index contributed by atoms with van der Waals surface area (Å²) in [7, 11) is 3.09. The van der Waals surface area contributed by atoms with E-state index >= 15 is 0 Å². The number of hydrogen-bond donors (Lipinski definition) is 1. The van der Waals surface area contributed by atoms with Gasteiger partial charge in [-0.2, -0.15) is 0 Å². The third-order valence-electron chi connectivity index (χ3n) is 4.31. The van der Waals surface area contributed by atoms with Gasteiger partial charge in [-0.1, -0.05) is 23.7 Å². The summed E-state index contributed by atoms with van der Waals surface area (Å²) in [6.07, 6.45) is 0.130. The Morgan fingerprint density at radius 2 is 1.96 bits per heavy atom. The number of nitrogens with zero attached hydrogens (tertiary/aromatic N) is 1. The molecule has 3 rings (SSSR count). The standard InChI is InChI=1S/C19H19ClN2O4/c1-25-13-7-8-16(17(10-13)26-2)22-11-12(9-18(22)23)19(24)21-15-6-4-3-5-14(15)20/h3-8,10,12H,9,11H2,1-2H3,(H,21,24). The Labute approximate surface area is 156 Å². The normalized spacial score (nSPS) is 16.5. The van der Waals surface area contributed by atoms with Crippen molar-refractivity contribution in [1.82, 2.24) is 0 Å². The number of hydrogen-bond acceptors (Lipinski definition) is 4. The monoisotopic (exact) mass is 374 g/mol. The highest BCUT2D eigenvalue weighted by Crippen LogP contribution is 2.36. The Bertz CT molecular complexity index is 840. The van der Waals surface area contributed by atoms with Gasteiger partial charge in [-0.3, -0.25) is 9.59 Å². The smallest absolute Gasteiger partial charge is 0.229 e. The van der Waals surface area contributed by atoms with Gasteiger partial charge in [0.05, 0.1) is 36.5 Å². The van der Waals surface area contributed by atoms with E-state index in [0.717, 1.165) is 0 Å². The Balaban J connectivity index is 1.76. The SMILES string of the molecule is COc1ccc(N2CC(C(=O)Nc3ccccc3Cl)CC2=O)c(OC)c1. The number of anilines is 2. The van der Waals surface area contributed by atoms with Crippen molar-refractivity contribution < 1.29 is 19.1 Å². The quantitative estimate of drug-likeness (QED) is 0.871. The van der Waals surface area contributed by atoms with E-state index < -0.39 is 5.92 Å². The van der Waals surface area contributed by atoms with Crippen molar-refractivity contribution >= 4 is 34.8 Å². The highest BCUT2D eigenvalue weighted by molar-refractivity contribution is 6.33. The van der Waals surface area contributed by atoms with E-state index in [1.54, 1.807) is 54.5 Å². The number of carbonyl (C=O) groups is 2. The second-order valence-electron chi connectivity index (χ2n) is 5.91. The molecule has 2 amide bonds. The Kier molecular flexibility index (Phi) is 5.32. The minimum Gasteiger partial charge on any atom is -0.497 e. The third-order valence-corrected chi connectivity index (χ3v) is 4.63. The highest BCUT2D eigenvalue weighted by Gasteiger charge is 2.36. The topological polar surface area (TPSA) is 67.9 Å². The fourth-order valence-corrected chi connectivity index (χ4v) is 3.10. The van der Waals surface area contributed by atoms with Gasteiger partial charge < -0.3 is 19.7 Å². The maximum absolute atomic E-state index is 12.5. The molecule has 136 valence electrons. The molecular formula is C19H19ClN2O4. The van der Waals surface area contributed by atoms with E-state index in [4.69, 9.17) is 21.1 Å². The fourth-order valence-electron chi connectivity index (χ4n) is 2.92. The molecule has 0 bridgehead atoms. The fraction of sp³-hybridized carbons (Fsp3) is 0.263. The Morgan fingerprint density at radius 1 is 1.19 bits per heavy atom.